The normalized spacial score (nSPS) is 10.9. The zero-order valence-electron chi connectivity index (χ0n) is 20.8. The molecule has 196 valence electrons. The summed E-state index contributed by atoms with van der Waals surface area (Å²) < 4.78 is 1.76. The van der Waals surface area contributed by atoms with Crippen molar-refractivity contribution in [2.24, 2.45) is 0 Å². The molecule has 7 nitrogen and oxygen atoms in total. The van der Waals surface area contributed by atoms with E-state index in [9.17, 15) is 9.59 Å². The number of carbonyl (C=O) groups is 2. The van der Waals surface area contributed by atoms with Gasteiger partial charge >= 0.3 is 0 Å². The lowest BCUT2D eigenvalue weighted by Gasteiger charge is -2.12. The summed E-state index contributed by atoms with van der Waals surface area (Å²) in [6.45, 7) is 2.07. The van der Waals surface area contributed by atoms with E-state index in [4.69, 9.17) is 23.2 Å². The minimum absolute atomic E-state index is 0.103. The van der Waals surface area contributed by atoms with Crippen LogP contribution in [0.3, 0.4) is 0 Å². The Kier molecular flexibility index (Phi) is 8.16. The first-order chi connectivity index (χ1) is 18.9. The lowest BCUT2D eigenvalue weighted by Crippen LogP contribution is -2.25. The number of fused-ring (bicyclic) bond motifs is 1. The van der Waals surface area contributed by atoms with Crippen LogP contribution in [0.2, 0.25) is 10.0 Å². The summed E-state index contributed by atoms with van der Waals surface area (Å²) in [4.78, 5) is 25.8. The topological polar surface area (TPSA) is 88.9 Å². The summed E-state index contributed by atoms with van der Waals surface area (Å²) >= 11 is 13.7. The third-order valence-electron chi connectivity index (χ3n) is 5.94. The molecule has 10 heteroatoms. The van der Waals surface area contributed by atoms with Gasteiger partial charge in [-0.3, -0.25) is 14.2 Å². The van der Waals surface area contributed by atoms with Gasteiger partial charge in [0.25, 0.3) is 5.91 Å². The number of benzene rings is 4. The summed E-state index contributed by atoms with van der Waals surface area (Å²) in [6.07, 6.45) is 0. The Balaban J connectivity index is 1.37. The van der Waals surface area contributed by atoms with E-state index in [-0.39, 0.29) is 24.1 Å². The van der Waals surface area contributed by atoms with Gasteiger partial charge in [0.1, 0.15) is 0 Å². The number of amides is 2. The molecule has 0 aliphatic carbocycles. The fraction of sp³-hybridized carbons (Fsp3) is 0.103. The molecular weight excluding hydrogens is 553 g/mol. The number of rotatable bonds is 8. The Morgan fingerprint density at radius 2 is 1.69 bits per heavy atom. The van der Waals surface area contributed by atoms with Crippen LogP contribution in [0, 0.1) is 6.92 Å². The number of aromatic nitrogens is 3. The monoisotopic (exact) mass is 575 g/mol. The molecule has 1 aromatic heterocycles. The third kappa shape index (κ3) is 6.25. The number of nitrogens with one attached hydrogen (secondary N) is 2. The van der Waals surface area contributed by atoms with E-state index in [0.717, 1.165) is 22.0 Å². The van der Waals surface area contributed by atoms with Crippen molar-refractivity contribution in [3.8, 4) is 5.69 Å². The molecule has 2 N–H and O–H groups in total. The predicted octanol–water partition coefficient (Wildman–Crippen LogP) is 6.70. The van der Waals surface area contributed by atoms with Crippen LogP contribution in [-0.2, 0) is 11.3 Å². The van der Waals surface area contributed by atoms with Crippen LogP contribution in [-0.4, -0.2) is 32.3 Å². The molecule has 2 amide bonds. The fourth-order valence-electron chi connectivity index (χ4n) is 4.12. The van der Waals surface area contributed by atoms with Crippen molar-refractivity contribution in [3.05, 3.63) is 112 Å². The molecule has 5 aromatic rings. The van der Waals surface area contributed by atoms with Gasteiger partial charge in [0.15, 0.2) is 11.0 Å². The van der Waals surface area contributed by atoms with Crippen molar-refractivity contribution in [1.29, 1.82) is 0 Å². The molecule has 0 unspecified atom stereocenters. The van der Waals surface area contributed by atoms with E-state index >= 15 is 0 Å². The molecule has 0 saturated carbocycles. The van der Waals surface area contributed by atoms with Gasteiger partial charge in [-0.1, -0.05) is 83.5 Å². The van der Waals surface area contributed by atoms with Gasteiger partial charge < -0.3 is 10.6 Å². The van der Waals surface area contributed by atoms with Crippen molar-refractivity contribution >= 4 is 63.2 Å². The zero-order valence-corrected chi connectivity index (χ0v) is 23.1. The van der Waals surface area contributed by atoms with Crippen LogP contribution in [0.4, 0.5) is 5.69 Å². The molecule has 0 atom stereocenters. The number of nitrogens with zero attached hydrogens (tertiary/aromatic N) is 3. The molecule has 0 radical (unpaired) electrons. The number of aryl methyl sites for hydroxylation is 1. The molecule has 0 spiro atoms. The molecule has 0 saturated heterocycles. The quantitative estimate of drug-likeness (QED) is 0.201. The lowest BCUT2D eigenvalue weighted by atomic mass is 10.0. The summed E-state index contributed by atoms with van der Waals surface area (Å²) in [6, 6.07) is 26.1. The maximum Gasteiger partial charge on any atom is 0.252 e. The van der Waals surface area contributed by atoms with Gasteiger partial charge in [-0.15, -0.1) is 10.2 Å². The van der Waals surface area contributed by atoms with Crippen LogP contribution in [0.15, 0.2) is 90.1 Å². The van der Waals surface area contributed by atoms with Gasteiger partial charge in [-0.05, 0) is 59.7 Å². The van der Waals surface area contributed by atoms with Crippen molar-refractivity contribution in [1.82, 2.24) is 20.1 Å². The van der Waals surface area contributed by atoms with Gasteiger partial charge in [0.2, 0.25) is 5.91 Å². The van der Waals surface area contributed by atoms with Gasteiger partial charge in [-0.25, -0.2) is 0 Å². The van der Waals surface area contributed by atoms with Crippen LogP contribution in [0.5, 0.6) is 0 Å². The van der Waals surface area contributed by atoms with Crippen LogP contribution < -0.4 is 10.6 Å². The van der Waals surface area contributed by atoms with Crippen LogP contribution in [0.25, 0.3) is 16.5 Å². The lowest BCUT2D eigenvalue weighted by molar-refractivity contribution is -0.113. The first kappa shape index (κ1) is 26.7. The fourth-order valence-corrected chi connectivity index (χ4v) is 5.18. The van der Waals surface area contributed by atoms with Crippen LogP contribution >= 0.6 is 35.0 Å². The Labute approximate surface area is 239 Å². The molecule has 0 bridgehead atoms. The summed E-state index contributed by atoms with van der Waals surface area (Å²) in [5, 5.41) is 17.6. The molecule has 1 heterocycles. The minimum atomic E-state index is -0.234. The number of anilines is 1. The Morgan fingerprint density at radius 3 is 2.51 bits per heavy atom. The van der Waals surface area contributed by atoms with Crippen molar-refractivity contribution in [2.45, 2.75) is 18.6 Å². The Bertz CT molecular complexity index is 1680. The Morgan fingerprint density at radius 1 is 0.897 bits per heavy atom. The average Bonchev–Trinajstić information content (AvgIpc) is 3.34. The van der Waals surface area contributed by atoms with E-state index in [2.05, 4.69) is 20.8 Å². The van der Waals surface area contributed by atoms with Crippen molar-refractivity contribution in [3.63, 3.8) is 0 Å². The highest BCUT2D eigenvalue weighted by Gasteiger charge is 2.18. The van der Waals surface area contributed by atoms with Gasteiger partial charge in [-0.2, -0.15) is 0 Å². The number of halogens is 2. The predicted molar refractivity (Wildman–Crippen MR) is 157 cm³/mol. The molecule has 0 fully saturated rings. The summed E-state index contributed by atoms with van der Waals surface area (Å²) in [5.41, 5.74) is 3.00. The molecular formula is C29H23Cl2N5O2S. The smallest absolute Gasteiger partial charge is 0.252 e. The second kappa shape index (κ2) is 11.9. The van der Waals surface area contributed by atoms with Gasteiger partial charge in [0.05, 0.1) is 28.0 Å². The first-order valence-corrected chi connectivity index (χ1v) is 13.8. The first-order valence-electron chi connectivity index (χ1n) is 12.0. The van der Waals surface area contributed by atoms with E-state index < -0.39 is 0 Å². The van der Waals surface area contributed by atoms with Crippen LogP contribution in [0.1, 0.15) is 21.7 Å². The van der Waals surface area contributed by atoms with Crippen molar-refractivity contribution in [2.75, 3.05) is 11.1 Å². The van der Waals surface area contributed by atoms with Crippen molar-refractivity contribution < 1.29 is 9.59 Å². The third-order valence-corrected chi connectivity index (χ3v) is 7.61. The van der Waals surface area contributed by atoms with E-state index in [1.807, 2.05) is 67.6 Å². The number of hydrogen-bond acceptors (Lipinski definition) is 5. The van der Waals surface area contributed by atoms with Gasteiger partial charge in [0, 0.05) is 11.3 Å². The average molecular weight is 577 g/mol. The molecule has 39 heavy (non-hydrogen) atoms. The van der Waals surface area contributed by atoms with E-state index in [1.165, 1.54) is 11.8 Å². The number of hydrogen-bond donors (Lipinski definition) is 2. The standard InChI is InChI=1S/C29H23Cl2N5O2S/c1-18-6-4-9-20(14-18)33-27(37)17-39-29-35-34-26(36(29)21-12-13-24(30)25(31)15-21)16-32-28(38)23-11-5-8-19-7-2-3-10-22(19)23/h2-15H,16-17H2,1H3,(H,32,38)(H,33,37). The minimum Gasteiger partial charge on any atom is -0.345 e. The largest absolute Gasteiger partial charge is 0.345 e. The SMILES string of the molecule is Cc1cccc(NC(=O)CSc2nnc(CNC(=O)c3cccc4ccccc34)n2-c2ccc(Cl)c(Cl)c2)c1. The van der Waals surface area contributed by atoms with E-state index in [1.54, 1.807) is 28.8 Å². The highest BCUT2D eigenvalue weighted by atomic mass is 35.5. The zero-order chi connectivity index (χ0) is 27.4. The molecule has 0 aliphatic rings. The summed E-state index contributed by atoms with van der Waals surface area (Å²) in [7, 11) is 0. The second-order valence-corrected chi connectivity index (χ2v) is 10.5. The highest BCUT2D eigenvalue weighted by molar-refractivity contribution is 7.99. The second-order valence-electron chi connectivity index (χ2n) is 8.75. The molecule has 5 rings (SSSR count). The maximum absolute atomic E-state index is 13.1. The Hall–Kier alpha value is -3.85. The number of thioether (sulfide) groups is 1. The maximum atomic E-state index is 13.1. The molecule has 0 aliphatic heterocycles. The summed E-state index contributed by atoms with van der Waals surface area (Å²) in [5.74, 6) is 0.168. The molecule has 4 aromatic carbocycles. The highest BCUT2D eigenvalue weighted by Crippen LogP contribution is 2.28. The number of carbonyl (C=O) groups excluding carboxylic acids is 2. The van der Waals surface area contributed by atoms with E-state index in [0.29, 0.717) is 32.3 Å².